The van der Waals surface area contributed by atoms with Crippen LogP contribution in [0.5, 0.6) is 5.75 Å². The Bertz CT molecular complexity index is 1590. The van der Waals surface area contributed by atoms with E-state index in [9.17, 15) is 14.4 Å². The summed E-state index contributed by atoms with van der Waals surface area (Å²) in [5.74, 6) is -0.728. The van der Waals surface area contributed by atoms with E-state index in [2.05, 4.69) is 11.6 Å². The first-order valence-electron chi connectivity index (χ1n) is 10.7. The molecular weight excluding hydrogens is 523 g/mol. The largest absolute Gasteiger partial charge is 0.458 e. The molecule has 184 valence electrons. The smallest absolute Gasteiger partial charge is 0.338 e. The zero-order valence-corrected chi connectivity index (χ0v) is 21.6. The second-order valence-electron chi connectivity index (χ2n) is 7.80. The molecule has 0 N–H and O–H groups in total. The lowest BCUT2D eigenvalue weighted by Gasteiger charge is -2.24. The van der Waals surface area contributed by atoms with Gasteiger partial charge in [-0.25, -0.2) is 9.79 Å². The van der Waals surface area contributed by atoms with Crippen LogP contribution in [-0.2, 0) is 14.3 Å². The standard InChI is InChI=1S/C26H20Cl2N2O5S/c1-4-11-34-25(33)22-14(2)29-26-30(23(22)16-6-9-19(10-7-16)35-15(3)31)24(32)21(36-26)12-17-5-8-18(27)13-20(17)28/h4-10,12-13,23H,1,11H2,2-3H3/b21-12+/t23-/m0/s1. The highest BCUT2D eigenvalue weighted by molar-refractivity contribution is 7.07. The van der Waals surface area contributed by atoms with Gasteiger partial charge in [-0.3, -0.25) is 14.2 Å². The lowest BCUT2D eigenvalue weighted by atomic mass is 9.96. The van der Waals surface area contributed by atoms with Gasteiger partial charge in [-0.05, 0) is 48.4 Å². The fraction of sp³-hybridized carbons (Fsp3) is 0.154. The molecule has 36 heavy (non-hydrogen) atoms. The van der Waals surface area contributed by atoms with Crippen LogP contribution in [0.3, 0.4) is 0 Å². The lowest BCUT2D eigenvalue weighted by molar-refractivity contribution is -0.138. The van der Waals surface area contributed by atoms with Crippen molar-refractivity contribution >= 4 is 52.6 Å². The van der Waals surface area contributed by atoms with Crippen LogP contribution in [-0.4, -0.2) is 23.1 Å². The van der Waals surface area contributed by atoms with Gasteiger partial charge in [-0.15, -0.1) is 0 Å². The number of rotatable bonds is 6. The minimum Gasteiger partial charge on any atom is -0.458 e. The summed E-state index contributed by atoms with van der Waals surface area (Å²) < 4.78 is 12.3. The molecule has 0 amide bonds. The fourth-order valence-corrected chi connectivity index (χ4v) is 5.25. The Kier molecular flexibility index (Phi) is 7.59. The molecule has 0 unspecified atom stereocenters. The van der Waals surface area contributed by atoms with E-state index in [1.54, 1.807) is 55.5 Å². The van der Waals surface area contributed by atoms with Crippen LogP contribution < -0.4 is 19.6 Å². The number of allylic oxidation sites excluding steroid dienone is 1. The molecule has 2 heterocycles. The second kappa shape index (κ2) is 10.7. The number of carbonyl (C=O) groups is 2. The van der Waals surface area contributed by atoms with Gasteiger partial charge in [0.2, 0.25) is 0 Å². The molecule has 3 aromatic rings. The van der Waals surface area contributed by atoms with Crippen LogP contribution in [0.25, 0.3) is 6.08 Å². The number of hydrogen-bond acceptors (Lipinski definition) is 7. The molecule has 0 bridgehead atoms. The number of ether oxygens (including phenoxy) is 2. The third-order valence-corrected chi connectivity index (χ3v) is 6.83. The van der Waals surface area contributed by atoms with Crippen LogP contribution in [0.1, 0.15) is 31.0 Å². The number of esters is 2. The molecule has 7 nitrogen and oxygen atoms in total. The van der Waals surface area contributed by atoms with Crippen molar-refractivity contribution in [3.05, 3.63) is 107 Å². The van der Waals surface area contributed by atoms with E-state index in [4.69, 9.17) is 32.7 Å². The van der Waals surface area contributed by atoms with Crippen molar-refractivity contribution in [1.82, 2.24) is 4.57 Å². The highest BCUT2D eigenvalue weighted by Crippen LogP contribution is 2.31. The van der Waals surface area contributed by atoms with Gasteiger partial charge in [0.15, 0.2) is 4.80 Å². The van der Waals surface area contributed by atoms with Crippen molar-refractivity contribution in [2.24, 2.45) is 4.99 Å². The monoisotopic (exact) mass is 542 g/mol. The SMILES string of the molecule is C=CCOC(=O)C1=C(C)N=c2s/c(=C/c3ccc(Cl)cc3Cl)c(=O)n2[C@H]1c1ccc(OC(C)=O)cc1. The Balaban J connectivity index is 1.90. The van der Waals surface area contributed by atoms with E-state index in [0.717, 1.165) is 0 Å². The summed E-state index contributed by atoms with van der Waals surface area (Å²) in [5, 5.41) is 0.880. The molecule has 1 aromatic heterocycles. The van der Waals surface area contributed by atoms with Crippen molar-refractivity contribution < 1.29 is 19.1 Å². The average Bonchev–Trinajstić information content (AvgIpc) is 3.13. The summed E-state index contributed by atoms with van der Waals surface area (Å²) in [4.78, 5) is 43.0. The number of aromatic nitrogens is 1. The van der Waals surface area contributed by atoms with Gasteiger partial charge in [0, 0.05) is 17.0 Å². The average molecular weight is 543 g/mol. The van der Waals surface area contributed by atoms with Crippen molar-refractivity contribution in [3.8, 4) is 5.75 Å². The normalized spacial score (nSPS) is 15.2. The second-order valence-corrected chi connectivity index (χ2v) is 9.65. The summed E-state index contributed by atoms with van der Waals surface area (Å²) >= 11 is 13.5. The molecule has 2 aromatic carbocycles. The zero-order valence-electron chi connectivity index (χ0n) is 19.3. The van der Waals surface area contributed by atoms with Gasteiger partial charge in [-0.1, -0.05) is 65.4 Å². The maximum absolute atomic E-state index is 13.6. The maximum Gasteiger partial charge on any atom is 0.338 e. The third-order valence-electron chi connectivity index (χ3n) is 5.28. The number of fused-ring (bicyclic) bond motifs is 1. The van der Waals surface area contributed by atoms with Crippen LogP contribution in [0, 0.1) is 0 Å². The number of benzene rings is 2. The van der Waals surface area contributed by atoms with E-state index in [-0.39, 0.29) is 17.7 Å². The van der Waals surface area contributed by atoms with E-state index in [0.29, 0.717) is 42.0 Å². The molecule has 0 spiro atoms. The third kappa shape index (κ3) is 5.21. The van der Waals surface area contributed by atoms with Crippen LogP contribution in [0.4, 0.5) is 0 Å². The number of carbonyl (C=O) groups excluding carboxylic acids is 2. The summed E-state index contributed by atoms with van der Waals surface area (Å²) in [6, 6.07) is 10.8. The molecular formula is C26H20Cl2N2O5S. The summed E-state index contributed by atoms with van der Waals surface area (Å²) in [7, 11) is 0. The van der Waals surface area contributed by atoms with Gasteiger partial charge in [0.1, 0.15) is 12.4 Å². The Hall–Kier alpha value is -3.46. The summed E-state index contributed by atoms with van der Waals surface area (Å²) in [6.07, 6.45) is 3.13. The molecule has 1 aliphatic heterocycles. The lowest BCUT2D eigenvalue weighted by Crippen LogP contribution is -2.39. The zero-order chi connectivity index (χ0) is 26.0. The molecule has 1 aliphatic rings. The number of hydrogen-bond donors (Lipinski definition) is 0. The van der Waals surface area contributed by atoms with E-state index < -0.39 is 18.0 Å². The Morgan fingerprint density at radius 3 is 2.56 bits per heavy atom. The molecule has 0 radical (unpaired) electrons. The van der Waals surface area contributed by atoms with Crippen molar-refractivity contribution in [3.63, 3.8) is 0 Å². The first-order valence-corrected chi connectivity index (χ1v) is 12.3. The summed E-state index contributed by atoms with van der Waals surface area (Å²) in [5.41, 5.74) is 1.54. The number of halogens is 2. The van der Waals surface area contributed by atoms with Crippen LogP contribution in [0.15, 0.2) is 76.2 Å². The molecule has 4 rings (SSSR count). The molecule has 1 atom stereocenters. The van der Waals surface area contributed by atoms with E-state index in [1.165, 1.54) is 28.9 Å². The van der Waals surface area contributed by atoms with E-state index in [1.807, 2.05) is 0 Å². The Morgan fingerprint density at radius 1 is 1.19 bits per heavy atom. The topological polar surface area (TPSA) is 87.0 Å². The van der Waals surface area contributed by atoms with Crippen molar-refractivity contribution in [2.75, 3.05) is 6.61 Å². The fourth-order valence-electron chi connectivity index (χ4n) is 3.75. The predicted octanol–water partition coefficient (Wildman–Crippen LogP) is 4.20. The minimum atomic E-state index is -0.812. The van der Waals surface area contributed by atoms with Crippen LogP contribution in [0.2, 0.25) is 10.0 Å². The molecule has 10 heteroatoms. The van der Waals surface area contributed by atoms with Crippen LogP contribution >= 0.6 is 34.5 Å². The first kappa shape index (κ1) is 25.6. The first-order chi connectivity index (χ1) is 17.2. The highest BCUT2D eigenvalue weighted by Gasteiger charge is 2.33. The van der Waals surface area contributed by atoms with Gasteiger partial charge in [0.05, 0.1) is 21.8 Å². The van der Waals surface area contributed by atoms with Crippen molar-refractivity contribution in [1.29, 1.82) is 0 Å². The number of nitrogens with zero attached hydrogens (tertiary/aromatic N) is 2. The van der Waals surface area contributed by atoms with Crippen molar-refractivity contribution in [2.45, 2.75) is 19.9 Å². The molecule has 0 saturated carbocycles. The Morgan fingerprint density at radius 2 is 1.92 bits per heavy atom. The van der Waals surface area contributed by atoms with Gasteiger partial charge in [0.25, 0.3) is 5.56 Å². The molecule has 0 saturated heterocycles. The Labute approximate surface area is 220 Å². The van der Waals surface area contributed by atoms with Gasteiger partial charge in [-0.2, -0.15) is 0 Å². The maximum atomic E-state index is 13.6. The summed E-state index contributed by atoms with van der Waals surface area (Å²) in [6.45, 7) is 6.58. The van der Waals surface area contributed by atoms with Gasteiger partial charge < -0.3 is 9.47 Å². The number of thiazole rings is 1. The predicted molar refractivity (Wildman–Crippen MR) is 139 cm³/mol. The highest BCUT2D eigenvalue weighted by atomic mass is 35.5. The molecule has 0 aliphatic carbocycles. The molecule has 0 fully saturated rings. The quantitative estimate of drug-likeness (QED) is 0.264. The van der Waals surface area contributed by atoms with E-state index >= 15 is 0 Å². The minimum absolute atomic E-state index is 0.00715. The van der Waals surface area contributed by atoms with Gasteiger partial charge >= 0.3 is 11.9 Å².